The van der Waals surface area contributed by atoms with E-state index in [2.05, 4.69) is 0 Å². The molecule has 0 radical (unpaired) electrons. The van der Waals surface area contributed by atoms with Crippen LogP contribution in [0.5, 0.6) is 0 Å². The highest BCUT2D eigenvalue weighted by Gasteiger charge is 2.22. The van der Waals surface area contributed by atoms with Crippen LogP contribution >= 0.6 is 0 Å². The summed E-state index contributed by atoms with van der Waals surface area (Å²) in [6, 6.07) is 0. The van der Waals surface area contributed by atoms with E-state index >= 15 is 0 Å². The molecular formula is C5H9F3. The number of rotatable bonds is 2. The second kappa shape index (κ2) is 2.95. The van der Waals surface area contributed by atoms with Gasteiger partial charge in [0.2, 0.25) is 0 Å². The van der Waals surface area contributed by atoms with Crippen molar-refractivity contribution in [1.29, 1.82) is 0 Å². The van der Waals surface area contributed by atoms with Crippen molar-refractivity contribution in [2.75, 3.05) is 0 Å². The molecule has 0 aromatic rings. The van der Waals surface area contributed by atoms with Crippen LogP contribution in [0.25, 0.3) is 0 Å². The molecule has 0 fully saturated rings. The molecule has 0 bridgehead atoms. The molecule has 0 spiro atoms. The zero-order valence-corrected chi connectivity index (χ0v) is 4.87. The third kappa shape index (κ3) is 2.19. The van der Waals surface area contributed by atoms with Crippen molar-refractivity contribution in [3.63, 3.8) is 0 Å². The molecule has 0 aliphatic rings. The Morgan fingerprint density at radius 3 is 1.38 bits per heavy atom. The summed E-state index contributed by atoms with van der Waals surface area (Å²) in [5.41, 5.74) is 0. The van der Waals surface area contributed by atoms with Crippen LogP contribution in [0.2, 0.25) is 0 Å². The highest BCUT2D eigenvalue weighted by molar-refractivity contribution is 4.61. The van der Waals surface area contributed by atoms with E-state index in [4.69, 9.17) is 0 Å². The maximum Gasteiger partial charge on any atom is 0.269 e. The number of hydrogen-bond donors (Lipinski definition) is 0. The third-order valence-corrected chi connectivity index (χ3v) is 0.878. The Morgan fingerprint density at radius 1 is 1.00 bits per heavy atom. The molecule has 0 aliphatic heterocycles. The fourth-order valence-electron chi connectivity index (χ4n) is 0.291. The van der Waals surface area contributed by atoms with Crippen LogP contribution in [0, 0.1) is 5.92 Å². The van der Waals surface area contributed by atoms with Gasteiger partial charge in [-0.05, 0) is 5.92 Å². The Bertz CT molecular complexity index is 52.7. The van der Waals surface area contributed by atoms with E-state index in [1.165, 1.54) is 13.8 Å². The van der Waals surface area contributed by atoms with Crippen LogP contribution < -0.4 is 0 Å². The Labute approximate surface area is 46.7 Å². The van der Waals surface area contributed by atoms with Crippen molar-refractivity contribution in [3.05, 3.63) is 0 Å². The Morgan fingerprint density at radius 2 is 1.38 bits per heavy atom. The lowest BCUT2D eigenvalue weighted by Crippen LogP contribution is -2.18. The van der Waals surface area contributed by atoms with Crippen LogP contribution in [-0.4, -0.2) is 12.6 Å². The molecule has 0 amide bonds. The fourth-order valence-corrected chi connectivity index (χ4v) is 0.291. The van der Waals surface area contributed by atoms with E-state index in [0.29, 0.717) is 0 Å². The Balaban J connectivity index is 3.46. The standard InChI is InChI=1S/C5H9F3/c1-3(2)4(6)5(7)8/h3-5H,1-2H3. The van der Waals surface area contributed by atoms with Gasteiger partial charge in [0.05, 0.1) is 0 Å². The molecule has 50 valence electrons. The molecule has 0 N–H and O–H groups in total. The first-order chi connectivity index (χ1) is 3.55. The molecule has 0 heterocycles. The van der Waals surface area contributed by atoms with E-state index in [1.54, 1.807) is 0 Å². The molecular weight excluding hydrogens is 117 g/mol. The number of halogens is 3. The first kappa shape index (κ1) is 7.79. The minimum absolute atomic E-state index is 0.574. The predicted molar refractivity (Wildman–Crippen MR) is 25.7 cm³/mol. The van der Waals surface area contributed by atoms with Gasteiger partial charge in [0.1, 0.15) is 0 Å². The second-order valence-corrected chi connectivity index (χ2v) is 2.02. The average Bonchev–Trinajstić information content (AvgIpc) is 1.64. The van der Waals surface area contributed by atoms with E-state index < -0.39 is 18.5 Å². The van der Waals surface area contributed by atoms with E-state index in [-0.39, 0.29) is 0 Å². The van der Waals surface area contributed by atoms with E-state index in [0.717, 1.165) is 0 Å². The zero-order chi connectivity index (χ0) is 6.73. The number of hydrogen-bond acceptors (Lipinski definition) is 0. The van der Waals surface area contributed by atoms with Gasteiger partial charge in [0.15, 0.2) is 6.17 Å². The van der Waals surface area contributed by atoms with Gasteiger partial charge in [-0.1, -0.05) is 13.8 Å². The van der Waals surface area contributed by atoms with Crippen molar-refractivity contribution >= 4 is 0 Å². The average molecular weight is 126 g/mol. The van der Waals surface area contributed by atoms with E-state index in [9.17, 15) is 13.2 Å². The summed E-state index contributed by atoms with van der Waals surface area (Å²) in [6.07, 6.45) is -4.79. The van der Waals surface area contributed by atoms with Gasteiger partial charge in [0, 0.05) is 0 Å². The lowest BCUT2D eigenvalue weighted by molar-refractivity contribution is 0.0250. The summed E-state index contributed by atoms with van der Waals surface area (Å²) in [5, 5.41) is 0. The van der Waals surface area contributed by atoms with Crippen molar-refractivity contribution in [3.8, 4) is 0 Å². The molecule has 0 aromatic heterocycles. The Kier molecular flexibility index (Phi) is 2.87. The van der Waals surface area contributed by atoms with Gasteiger partial charge in [-0.15, -0.1) is 0 Å². The maximum absolute atomic E-state index is 11.9. The van der Waals surface area contributed by atoms with Crippen molar-refractivity contribution < 1.29 is 13.2 Å². The molecule has 0 saturated carbocycles. The van der Waals surface area contributed by atoms with Crippen LogP contribution in [0.3, 0.4) is 0 Å². The van der Waals surface area contributed by atoms with Gasteiger partial charge >= 0.3 is 0 Å². The van der Waals surface area contributed by atoms with E-state index in [1.807, 2.05) is 0 Å². The van der Waals surface area contributed by atoms with Crippen LogP contribution in [-0.2, 0) is 0 Å². The molecule has 3 heteroatoms. The van der Waals surface area contributed by atoms with Crippen molar-refractivity contribution in [2.45, 2.75) is 26.4 Å². The zero-order valence-electron chi connectivity index (χ0n) is 4.87. The van der Waals surface area contributed by atoms with Gasteiger partial charge in [-0.3, -0.25) is 0 Å². The fraction of sp³-hybridized carbons (Fsp3) is 1.00. The number of alkyl halides is 3. The highest BCUT2D eigenvalue weighted by atomic mass is 19.3. The summed E-state index contributed by atoms with van der Waals surface area (Å²) in [5.74, 6) is -0.574. The monoisotopic (exact) mass is 126 g/mol. The normalized spacial score (nSPS) is 15.4. The SMILES string of the molecule is CC(C)C(F)C(F)F. The summed E-state index contributed by atoms with van der Waals surface area (Å²) < 4.78 is 34.5. The maximum atomic E-state index is 11.9. The van der Waals surface area contributed by atoms with Crippen molar-refractivity contribution in [1.82, 2.24) is 0 Å². The summed E-state index contributed by atoms with van der Waals surface area (Å²) in [4.78, 5) is 0. The van der Waals surface area contributed by atoms with Gasteiger partial charge in [-0.25, -0.2) is 13.2 Å². The molecule has 8 heavy (non-hydrogen) atoms. The second-order valence-electron chi connectivity index (χ2n) is 2.02. The molecule has 0 rings (SSSR count). The molecule has 1 atom stereocenters. The molecule has 0 nitrogen and oxygen atoms in total. The van der Waals surface area contributed by atoms with Gasteiger partial charge < -0.3 is 0 Å². The third-order valence-electron chi connectivity index (χ3n) is 0.878. The lowest BCUT2D eigenvalue weighted by atomic mass is 10.1. The quantitative estimate of drug-likeness (QED) is 0.532. The molecule has 1 unspecified atom stereocenters. The topological polar surface area (TPSA) is 0 Å². The smallest absolute Gasteiger partial charge is 0.241 e. The summed E-state index contributed by atoms with van der Waals surface area (Å²) in [7, 11) is 0. The predicted octanol–water partition coefficient (Wildman–Crippen LogP) is 2.25. The lowest BCUT2D eigenvalue weighted by Gasteiger charge is -2.08. The van der Waals surface area contributed by atoms with Crippen LogP contribution in [0.1, 0.15) is 13.8 Å². The van der Waals surface area contributed by atoms with Crippen LogP contribution in [0.15, 0.2) is 0 Å². The van der Waals surface area contributed by atoms with Gasteiger partial charge in [-0.2, -0.15) is 0 Å². The first-order valence-corrected chi connectivity index (χ1v) is 2.48. The summed E-state index contributed by atoms with van der Waals surface area (Å²) >= 11 is 0. The minimum atomic E-state index is -2.82. The van der Waals surface area contributed by atoms with Gasteiger partial charge in [0.25, 0.3) is 6.43 Å². The summed E-state index contributed by atoms with van der Waals surface area (Å²) in [6.45, 7) is 2.85. The Hall–Kier alpha value is -0.210. The highest BCUT2D eigenvalue weighted by Crippen LogP contribution is 2.13. The molecule has 0 aliphatic carbocycles. The molecule has 0 aromatic carbocycles. The minimum Gasteiger partial charge on any atom is -0.241 e. The molecule has 0 saturated heterocycles. The first-order valence-electron chi connectivity index (χ1n) is 2.48. The largest absolute Gasteiger partial charge is 0.269 e. The van der Waals surface area contributed by atoms with Crippen LogP contribution in [0.4, 0.5) is 13.2 Å². The van der Waals surface area contributed by atoms with Crippen molar-refractivity contribution in [2.24, 2.45) is 5.92 Å².